The van der Waals surface area contributed by atoms with Crippen molar-refractivity contribution < 1.29 is 14.7 Å². The summed E-state index contributed by atoms with van der Waals surface area (Å²) >= 11 is 1.47. The second-order valence-electron chi connectivity index (χ2n) is 5.41. The third kappa shape index (κ3) is 4.42. The second-order valence-corrected chi connectivity index (χ2v) is 6.69. The quantitative estimate of drug-likeness (QED) is 0.820. The number of carbonyl (C=O) groups is 2. The van der Waals surface area contributed by atoms with Gasteiger partial charge >= 0.3 is 0 Å². The van der Waals surface area contributed by atoms with Crippen LogP contribution in [-0.4, -0.2) is 28.9 Å². The molecule has 0 aromatic carbocycles. The summed E-state index contributed by atoms with van der Waals surface area (Å²) in [5.74, 6) is -0.0228. The number of hydrogen-bond acceptors (Lipinski definition) is 4. The number of hydrogen-bond donors (Lipinski definition) is 2. The summed E-state index contributed by atoms with van der Waals surface area (Å²) in [4.78, 5) is 25.5. The average Bonchev–Trinajstić information content (AvgIpc) is 2.85. The topological polar surface area (TPSA) is 66.4 Å². The zero-order valence-corrected chi connectivity index (χ0v) is 12.5. The molecule has 110 valence electrons. The molecule has 1 aromatic rings. The van der Waals surface area contributed by atoms with Crippen LogP contribution in [0.15, 0.2) is 12.1 Å². The van der Waals surface area contributed by atoms with E-state index in [9.17, 15) is 14.7 Å². The summed E-state index contributed by atoms with van der Waals surface area (Å²) in [6, 6.07) is 3.90. The Morgan fingerprint density at radius 3 is 2.55 bits per heavy atom. The Morgan fingerprint density at radius 2 is 1.95 bits per heavy atom. The van der Waals surface area contributed by atoms with Crippen LogP contribution in [0, 0.1) is 6.92 Å². The highest BCUT2D eigenvalue weighted by atomic mass is 32.1. The van der Waals surface area contributed by atoms with Gasteiger partial charge in [0.25, 0.3) is 0 Å². The fourth-order valence-electron chi connectivity index (χ4n) is 2.45. The zero-order valence-electron chi connectivity index (χ0n) is 11.7. The number of ketones is 1. The minimum Gasteiger partial charge on any atom is -0.393 e. The molecule has 0 aliphatic heterocycles. The van der Waals surface area contributed by atoms with Crippen LogP contribution < -0.4 is 5.32 Å². The van der Waals surface area contributed by atoms with Crippen molar-refractivity contribution in [1.82, 2.24) is 5.32 Å². The lowest BCUT2D eigenvalue weighted by molar-refractivity contribution is -0.122. The first kappa shape index (κ1) is 15.2. The summed E-state index contributed by atoms with van der Waals surface area (Å²) in [7, 11) is 0. The minimum absolute atomic E-state index is 0.0392. The van der Waals surface area contributed by atoms with Crippen LogP contribution in [0.3, 0.4) is 0 Å². The molecule has 0 bridgehead atoms. The summed E-state index contributed by atoms with van der Waals surface area (Å²) < 4.78 is 0. The van der Waals surface area contributed by atoms with Gasteiger partial charge in [-0.1, -0.05) is 0 Å². The van der Waals surface area contributed by atoms with E-state index in [1.54, 1.807) is 0 Å². The number of carbonyl (C=O) groups excluding carboxylic acids is 2. The molecule has 0 unspecified atom stereocenters. The van der Waals surface area contributed by atoms with Crippen molar-refractivity contribution >= 4 is 23.0 Å². The van der Waals surface area contributed by atoms with Crippen LogP contribution in [-0.2, 0) is 4.79 Å². The number of rotatable bonds is 5. The van der Waals surface area contributed by atoms with Gasteiger partial charge in [-0.05, 0) is 44.7 Å². The summed E-state index contributed by atoms with van der Waals surface area (Å²) in [6.45, 7) is 1.96. The van der Waals surface area contributed by atoms with Gasteiger partial charge in [0.05, 0.1) is 11.0 Å². The molecule has 2 rings (SSSR count). The van der Waals surface area contributed by atoms with Crippen molar-refractivity contribution in [3.8, 4) is 0 Å². The molecule has 5 heteroatoms. The van der Waals surface area contributed by atoms with Crippen molar-refractivity contribution in [1.29, 1.82) is 0 Å². The van der Waals surface area contributed by atoms with E-state index in [0.717, 1.165) is 35.4 Å². The highest BCUT2D eigenvalue weighted by Gasteiger charge is 2.21. The molecule has 0 spiro atoms. The predicted molar refractivity (Wildman–Crippen MR) is 79.0 cm³/mol. The first-order valence-corrected chi connectivity index (χ1v) is 7.93. The minimum atomic E-state index is -0.216. The number of thiophene rings is 1. The van der Waals surface area contributed by atoms with Gasteiger partial charge in [-0.3, -0.25) is 9.59 Å². The molecule has 1 aromatic heterocycles. The van der Waals surface area contributed by atoms with Gasteiger partial charge in [0.15, 0.2) is 5.78 Å². The molecule has 1 aliphatic rings. The zero-order chi connectivity index (χ0) is 14.5. The van der Waals surface area contributed by atoms with Crippen LogP contribution in [0.2, 0.25) is 0 Å². The van der Waals surface area contributed by atoms with Crippen molar-refractivity contribution in [3.05, 3.63) is 21.9 Å². The van der Waals surface area contributed by atoms with Crippen LogP contribution >= 0.6 is 11.3 Å². The maximum atomic E-state index is 11.9. The molecule has 1 saturated carbocycles. The number of amides is 1. The van der Waals surface area contributed by atoms with Crippen molar-refractivity contribution in [2.45, 2.75) is 57.6 Å². The molecule has 4 nitrogen and oxygen atoms in total. The largest absolute Gasteiger partial charge is 0.393 e. The molecule has 0 saturated heterocycles. The van der Waals surface area contributed by atoms with Gasteiger partial charge in [0.2, 0.25) is 5.91 Å². The molecule has 1 amide bonds. The summed E-state index contributed by atoms with van der Waals surface area (Å²) in [5.41, 5.74) is 0. The summed E-state index contributed by atoms with van der Waals surface area (Å²) in [5, 5.41) is 12.4. The SMILES string of the molecule is Cc1ccc(C(=O)CCC(=O)NC2CCC(O)CC2)s1. The lowest BCUT2D eigenvalue weighted by Gasteiger charge is -2.26. The van der Waals surface area contributed by atoms with Gasteiger partial charge in [0.1, 0.15) is 0 Å². The Morgan fingerprint density at radius 1 is 1.25 bits per heavy atom. The van der Waals surface area contributed by atoms with E-state index in [0.29, 0.717) is 0 Å². The van der Waals surface area contributed by atoms with E-state index in [2.05, 4.69) is 5.32 Å². The third-order valence-corrected chi connectivity index (χ3v) is 4.70. The number of aliphatic hydroxyl groups excluding tert-OH is 1. The first-order chi connectivity index (χ1) is 9.54. The number of Topliss-reactive ketones (excluding diaryl/α,β-unsaturated/α-hetero) is 1. The van der Waals surface area contributed by atoms with Gasteiger partial charge in [-0.2, -0.15) is 0 Å². The molecule has 0 radical (unpaired) electrons. The Kier molecular flexibility index (Phi) is 5.31. The number of nitrogens with one attached hydrogen (secondary N) is 1. The van der Waals surface area contributed by atoms with Crippen LogP contribution in [0.5, 0.6) is 0 Å². The Hall–Kier alpha value is -1.20. The molecule has 1 fully saturated rings. The molecular formula is C15H21NO3S. The van der Waals surface area contributed by atoms with E-state index < -0.39 is 0 Å². The fourth-order valence-corrected chi connectivity index (χ4v) is 3.29. The molecule has 1 aliphatic carbocycles. The molecule has 2 N–H and O–H groups in total. The highest BCUT2D eigenvalue weighted by Crippen LogP contribution is 2.19. The molecule has 1 heterocycles. The Balaban J connectivity index is 1.71. The molecular weight excluding hydrogens is 274 g/mol. The molecule has 20 heavy (non-hydrogen) atoms. The first-order valence-electron chi connectivity index (χ1n) is 7.11. The maximum absolute atomic E-state index is 11.9. The third-order valence-electron chi connectivity index (χ3n) is 3.66. The van der Waals surface area contributed by atoms with Crippen molar-refractivity contribution in [2.24, 2.45) is 0 Å². The lowest BCUT2D eigenvalue weighted by atomic mass is 9.93. The highest BCUT2D eigenvalue weighted by molar-refractivity contribution is 7.14. The number of aryl methyl sites for hydroxylation is 1. The number of aliphatic hydroxyl groups is 1. The standard InChI is InChI=1S/C15H21NO3S/c1-10-2-8-14(20-10)13(18)7-9-15(19)16-11-3-5-12(17)6-4-11/h2,8,11-12,17H,3-7,9H2,1H3,(H,16,19). The average molecular weight is 295 g/mol. The van der Waals surface area contributed by atoms with Crippen LogP contribution in [0.25, 0.3) is 0 Å². The van der Waals surface area contributed by atoms with E-state index in [-0.39, 0.29) is 36.7 Å². The van der Waals surface area contributed by atoms with Gasteiger partial charge in [0, 0.05) is 23.8 Å². The van der Waals surface area contributed by atoms with Crippen molar-refractivity contribution in [2.75, 3.05) is 0 Å². The normalized spacial score (nSPS) is 22.5. The smallest absolute Gasteiger partial charge is 0.220 e. The molecule has 0 atom stereocenters. The van der Waals surface area contributed by atoms with E-state index >= 15 is 0 Å². The lowest BCUT2D eigenvalue weighted by Crippen LogP contribution is -2.38. The second kappa shape index (κ2) is 6.99. The predicted octanol–water partition coefficient (Wildman–Crippen LogP) is 2.44. The van der Waals surface area contributed by atoms with Gasteiger partial charge in [-0.25, -0.2) is 0 Å². The van der Waals surface area contributed by atoms with E-state index in [1.165, 1.54) is 11.3 Å². The van der Waals surface area contributed by atoms with Crippen molar-refractivity contribution in [3.63, 3.8) is 0 Å². The fraction of sp³-hybridized carbons (Fsp3) is 0.600. The van der Waals surface area contributed by atoms with Gasteiger partial charge in [-0.15, -0.1) is 11.3 Å². The van der Waals surface area contributed by atoms with Crippen LogP contribution in [0.1, 0.15) is 53.1 Å². The monoisotopic (exact) mass is 295 g/mol. The van der Waals surface area contributed by atoms with Gasteiger partial charge < -0.3 is 10.4 Å². The summed E-state index contributed by atoms with van der Waals surface area (Å²) in [6.07, 6.45) is 3.44. The van der Waals surface area contributed by atoms with E-state index in [4.69, 9.17) is 0 Å². The Labute approximate surface area is 123 Å². The van der Waals surface area contributed by atoms with E-state index in [1.807, 2.05) is 19.1 Å². The maximum Gasteiger partial charge on any atom is 0.220 e. The van der Waals surface area contributed by atoms with Crippen LogP contribution in [0.4, 0.5) is 0 Å². The Bertz CT molecular complexity index is 475.